The van der Waals surface area contributed by atoms with E-state index in [2.05, 4.69) is 27.9 Å². The summed E-state index contributed by atoms with van der Waals surface area (Å²) in [6, 6.07) is 17.4. The fraction of sp³-hybridized carbons (Fsp3) is 0.292. The molecule has 3 aromatic rings. The van der Waals surface area contributed by atoms with Gasteiger partial charge in [0.25, 0.3) is 0 Å². The Hall–Kier alpha value is -3.61. The van der Waals surface area contributed by atoms with Crippen molar-refractivity contribution in [1.82, 2.24) is 15.1 Å². The quantitative estimate of drug-likeness (QED) is 0.586. The molecule has 7 nitrogen and oxygen atoms in total. The standard InChI is InChI=1S/C24H29N5O2/c1-17-5-9-20(10-6-17)22(26-18(2)30)15-24(31)27-23-13-14-25-29(23)16-19-7-11-21(12-8-19)28(3)4/h5-14,22H,15-16H2,1-4H3,(H,26,30)(H,27,31). The number of aromatic nitrogens is 2. The van der Waals surface area contributed by atoms with Crippen molar-refractivity contribution < 1.29 is 9.59 Å². The van der Waals surface area contributed by atoms with E-state index in [-0.39, 0.29) is 18.2 Å². The minimum absolute atomic E-state index is 0.130. The van der Waals surface area contributed by atoms with Gasteiger partial charge in [-0.15, -0.1) is 0 Å². The van der Waals surface area contributed by atoms with Gasteiger partial charge in [-0.25, -0.2) is 4.68 Å². The van der Waals surface area contributed by atoms with E-state index in [1.165, 1.54) is 6.92 Å². The molecular formula is C24H29N5O2. The Labute approximate surface area is 183 Å². The van der Waals surface area contributed by atoms with Crippen molar-refractivity contribution >= 4 is 23.3 Å². The summed E-state index contributed by atoms with van der Waals surface area (Å²) in [6.07, 6.45) is 1.79. The molecule has 0 fully saturated rings. The summed E-state index contributed by atoms with van der Waals surface area (Å²) in [4.78, 5) is 26.5. The van der Waals surface area contributed by atoms with E-state index in [1.807, 2.05) is 62.3 Å². The lowest BCUT2D eigenvalue weighted by molar-refractivity contribution is -0.120. The molecule has 31 heavy (non-hydrogen) atoms. The Balaban J connectivity index is 1.67. The van der Waals surface area contributed by atoms with E-state index in [9.17, 15) is 9.59 Å². The third-order valence-electron chi connectivity index (χ3n) is 5.02. The van der Waals surface area contributed by atoms with Crippen LogP contribution < -0.4 is 15.5 Å². The van der Waals surface area contributed by atoms with Crippen LogP contribution in [0.5, 0.6) is 0 Å². The van der Waals surface area contributed by atoms with Crippen molar-refractivity contribution in [2.45, 2.75) is 32.9 Å². The van der Waals surface area contributed by atoms with Crippen molar-refractivity contribution in [2.24, 2.45) is 0 Å². The van der Waals surface area contributed by atoms with Crippen LogP contribution in [0.25, 0.3) is 0 Å². The molecule has 1 aromatic heterocycles. The van der Waals surface area contributed by atoms with Crippen LogP contribution in [0.1, 0.15) is 36.1 Å². The first-order chi connectivity index (χ1) is 14.8. The number of nitrogens with one attached hydrogen (secondary N) is 2. The van der Waals surface area contributed by atoms with Crippen LogP contribution in [0, 0.1) is 6.92 Å². The van der Waals surface area contributed by atoms with E-state index >= 15 is 0 Å². The number of hydrogen-bond donors (Lipinski definition) is 2. The molecule has 0 aliphatic rings. The highest BCUT2D eigenvalue weighted by molar-refractivity contribution is 5.90. The van der Waals surface area contributed by atoms with Gasteiger partial charge in [-0.05, 0) is 30.2 Å². The number of anilines is 2. The minimum atomic E-state index is -0.395. The summed E-state index contributed by atoms with van der Waals surface area (Å²) in [5.41, 5.74) is 4.22. The molecule has 2 N–H and O–H groups in total. The molecule has 0 bridgehead atoms. The third kappa shape index (κ3) is 6.18. The topological polar surface area (TPSA) is 79.3 Å². The minimum Gasteiger partial charge on any atom is -0.378 e. The maximum atomic E-state index is 12.8. The first-order valence-electron chi connectivity index (χ1n) is 10.2. The van der Waals surface area contributed by atoms with E-state index < -0.39 is 6.04 Å². The molecule has 7 heteroatoms. The van der Waals surface area contributed by atoms with Gasteiger partial charge in [0.05, 0.1) is 25.2 Å². The van der Waals surface area contributed by atoms with Crippen molar-refractivity contribution in [1.29, 1.82) is 0 Å². The number of benzene rings is 2. The van der Waals surface area contributed by atoms with E-state index in [4.69, 9.17) is 0 Å². The summed E-state index contributed by atoms with van der Waals surface area (Å²) in [5.74, 6) is 0.251. The molecule has 0 saturated carbocycles. The number of carbonyl (C=O) groups excluding carboxylic acids is 2. The number of rotatable bonds is 8. The fourth-order valence-corrected chi connectivity index (χ4v) is 3.31. The first-order valence-corrected chi connectivity index (χ1v) is 10.2. The highest BCUT2D eigenvalue weighted by Gasteiger charge is 2.18. The fourth-order valence-electron chi connectivity index (χ4n) is 3.31. The molecule has 0 radical (unpaired) electrons. The van der Waals surface area contributed by atoms with Gasteiger partial charge in [0.1, 0.15) is 5.82 Å². The Morgan fingerprint density at radius 1 is 1.03 bits per heavy atom. The summed E-state index contributed by atoms with van der Waals surface area (Å²) in [5, 5.41) is 10.1. The van der Waals surface area contributed by atoms with Crippen LogP contribution in [-0.4, -0.2) is 35.7 Å². The highest BCUT2D eigenvalue weighted by Crippen LogP contribution is 2.20. The summed E-state index contributed by atoms with van der Waals surface area (Å²) < 4.78 is 1.75. The molecule has 0 saturated heterocycles. The van der Waals surface area contributed by atoms with Crippen LogP contribution in [0.2, 0.25) is 0 Å². The maximum absolute atomic E-state index is 12.8. The SMILES string of the molecule is CC(=O)NC(CC(=O)Nc1ccnn1Cc1ccc(N(C)C)cc1)c1ccc(C)cc1. The molecule has 1 unspecified atom stereocenters. The molecule has 2 aromatic carbocycles. The van der Waals surface area contributed by atoms with Crippen LogP contribution >= 0.6 is 0 Å². The van der Waals surface area contributed by atoms with Crippen molar-refractivity contribution in [3.05, 3.63) is 77.5 Å². The van der Waals surface area contributed by atoms with Gasteiger partial charge >= 0.3 is 0 Å². The van der Waals surface area contributed by atoms with E-state index in [0.29, 0.717) is 12.4 Å². The van der Waals surface area contributed by atoms with Gasteiger partial charge in [0.2, 0.25) is 11.8 Å². The lowest BCUT2D eigenvalue weighted by atomic mass is 10.0. The number of amides is 2. The van der Waals surface area contributed by atoms with Crippen molar-refractivity contribution in [3.63, 3.8) is 0 Å². The number of carbonyl (C=O) groups is 2. The van der Waals surface area contributed by atoms with Gasteiger partial charge < -0.3 is 15.5 Å². The van der Waals surface area contributed by atoms with Crippen LogP contribution in [0.15, 0.2) is 60.8 Å². The summed E-state index contributed by atoms with van der Waals surface area (Å²) >= 11 is 0. The molecule has 0 aliphatic heterocycles. The van der Waals surface area contributed by atoms with Gasteiger partial charge in [0, 0.05) is 32.8 Å². The Bertz CT molecular complexity index is 1020. The average Bonchev–Trinajstić information content (AvgIpc) is 3.14. The van der Waals surface area contributed by atoms with Gasteiger partial charge in [-0.1, -0.05) is 42.0 Å². The Kier molecular flexibility index (Phi) is 7.07. The largest absolute Gasteiger partial charge is 0.378 e. The monoisotopic (exact) mass is 419 g/mol. The predicted octanol–water partition coefficient (Wildman–Crippen LogP) is 3.51. The van der Waals surface area contributed by atoms with E-state index in [1.54, 1.807) is 16.9 Å². The Morgan fingerprint density at radius 3 is 2.32 bits per heavy atom. The van der Waals surface area contributed by atoms with Crippen molar-refractivity contribution in [2.75, 3.05) is 24.3 Å². The predicted molar refractivity (Wildman–Crippen MR) is 123 cm³/mol. The molecule has 1 heterocycles. The molecule has 3 rings (SSSR count). The van der Waals surface area contributed by atoms with Crippen LogP contribution in [0.3, 0.4) is 0 Å². The third-order valence-corrected chi connectivity index (χ3v) is 5.02. The lowest BCUT2D eigenvalue weighted by Gasteiger charge is -2.18. The molecule has 0 spiro atoms. The number of aryl methyl sites for hydroxylation is 1. The van der Waals surface area contributed by atoms with E-state index in [0.717, 1.165) is 22.4 Å². The smallest absolute Gasteiger partial charge is 0.227 e. The second-order valence-corrected chi connectivity index (χ2v) is 7.85. The molecule has 1 atom stereocenters. The summed E-state index contributed by atoms with van der Waals surface area (Å²) in [7, 11) is 4.00. The van der Waals surface area contributed by atoms with Crippen molar-refractivity contribution in [3.8, 4) is 0 Å². The molecular weight excluding hydrogens is 390 g/mol. The zero-order valence-electron chi connectivity index (χ0n) is 18.4. The lowest BCUT2D eigenvalue weighted by Crippen LogP contribution is -2.30. The van der Waals surface area contributed by atoms with Crippen LogP contribution in [-0.2, 0) is 16.1 Å². The second-order valence-electron chi connectivity index (χ2n) is 7.85. The molecule has 0 aliphatic carbocycles. The zero-order chi connectivity index (χ0) is 22.4. The summed E-state index contributed by atoms with van der Waals surface area (Å²) in [6.45, 7) is 4.00. The van der Waals surface area contributed by atoms with Crippen LogP contribution in [0.4, 0.5) is 11.5 Å². The molecule has 162 valence electrons. The number of nitrogens with zero attached hydrogens (tertiary/aromatic N) is 3. The first kappa shape index (κ1) is 22.1. The Morgan fingerprint density at radius 2 is 1.71 bits per heavy atom. The second kappa shape index (κ2) is 9.93. The highest BCUT2D eigenvalue weighted by atomic mass is 16.2. The van der Waals surface area contributed by atoms with Gasteiger partial charge in [-0.3, -0.25) is 9.59 Å². The normalized spacial score (nSPS) is 11.6. The number of hydrogen-bond acceptors (Lipinski definition) is 4. The zero-order valence-corrected chi connectivity index (χ0v) is 18.4. The van der Waals surface area contributed by atoms with Gasteiger partial charge in [-0.2, -0.15) is 5.10 Å². The van der Waals surface area contributed by atoms with Gasteiger partial charge in [0.15, 0.2) is 0 Å². The average molecular weight is 420 g/mol. The maximum Gasteiger partial charge on any atom is 0.227 e. The molecule has 2 amide bonds.